The fourth-order valence-electron chi connectivity index (χ4n) is 7.57. The SMILES string of the molecule is COc1ccc(/C=C2/CCCC3C2=NN(C(=O)CSc2nnc(COc4ccccc4-c4ccccc4)n2-c2ccccc2OC)C3c2ccc(OC)cc2)cc1. The molecule has 1 saturated carbocycles. The summed E-state index contributed by atoms with van der Waals surface area (Å²) < 4.78 is 25.0. The van der Waals surface area contributed by atoms with Crippen LogP contribution in [0.15, 0.2) is 143 Å². The smallest absolute Gasteiger partial charge is 0.253 e. The molecular weight excluding hydrogens is 735 g/mol. The summed E-state index contributed by atoms with van der Waals surface area (Å²) in [4.78, 5) is 14.5. The van der Waals surface area contributed by atoms with Crippen LogP contribution in [0.4, 0.5) is 0 Å². The molecule has 6 aromatic rings. The van der Waals surface area contributed by atoms with Gasteiger partial charge in [0.2, 0.25) is 0 Å². The number of benzene rings is 5. The van der Waals surface area contributed by atoms with Crippen molar-refractivity contribution in [3.63, 3.8) is 0 Å². The number of aromatic nitrogens is 3. The molecule has 2 atom stereocenters. The average Bonchev–Trinajstić information content (AvgIpc) is 3.87. The van der Waals surface area contributed by atoms with E-state index in [4.69, 9.17) is 24.0 Å². The van der Waals surface area contributed by atoms with E-state index in [0.717, 1.165) is 75.7 Å². The van der Waals surface area contributed by atoms with Gasteiger partial charge in [0.25, 0.3) is 5.91 Å². The lowest BCUT2D eigenvalue weighted by atomic mass is 9.77. The van der Waals surface area contributed by atoms with E-state index in [9.17, 15) is 4.79 Å². The lowest BCUT2D eigenvalue weighted by molar-refractivity contribution is -0.130. The quantitative estimate of drug-likeness (QED) is 0.107. The van der Waals surface area contributed by atoms with E-state index in [0.29, 0.717) is 16.7 Å². The number of hydrazone groups is 1. The molecule has 0 radical (unpaired) electrons. The van der Waals surface area contributed by atoms with Crippen LogP contribution in [-0.2, 0) is 11.4 Å². The number of hydrogen-bond acceptors (Lipinski definition) is 9. The molecule has 0 bridgehead atoms. The second-order valence-electron chi connectivity index (χ2n) is 13.7. The topological polar surface area (TPSA) is 100 Å². The molecule has 1 aromatic heterocycles. The summed E-state index contributed by atoms with van der Waals surface area (Å²) in [6.07, 6.45) is 5.00. The van der Waals surface area contributed by atoms with Gasteiger partial charge >= 0.3 is 0 Å². The van der Waals surface area contributed by atoms with Crippen LogP contribution in [0.3, 0.4) is 0 Å². The van der Waals surface area contributed by atoms with E-state index in [-0.39, 0.29) is 30.2 Å². The lowest BCUT2D eigenvalue weighted by Gasteiger charge is -2.29. The van der Waals surface area contributed by atoms with Gasteiger partial charge in [0.1, 0.15) is 29.6 Å². The maximum Gasteiger partial charge on any atom is 0.253 e. The number of para-hydroxylation sites is 3. The van der Waals surface area contributed by atoms with Gasteiger partial charge in [-0.2, -0.15) is 5.10 Å². The number of rotatable bonds is 13. The van der Waals surface area contributed by atoms with Crippen molar-refractivity contribution in [3.8, 4) is 39.8 Å². The van der Waals surface area contributed by atoms with Crippen molar-refractivity contribution in [1.82, 2.24) is 19.8 Å². The molecular formula is C46H43N5O5S. The third kappa shape index (κ3) is 8.01. The zero-order valence-corrected chi connectivity index (χ0v) is 32.9. The normalized spacial score (nSPS) is 16.9. The molecule has 1 fully saturated rings. The summed E-state index contributed by atoms with van der Waals surface area (Å²) in [5.74, 6) is 3.49. The first-order valence-corrected chi connectivity index (χ1v) is 19.9. The molecule has 5 aromatic carbocycles. The van der Waals surface area contributed by atoms with Crippen molar-refractivity contribution in [1.29, 1.82) is 0 Å². The summed E-state index contributed by atoms with van der Waals surface area (Å²) in [5, 5.41) is 16.5. The summed E-state index contributed by atoms with van der Waals surface area (Å²) in [7, 11) is 4.95. The predicted octanol–water partition coefficient (Wildman–Crippen LogP) is 9.45. The Labute approximate surface area is 336 Å². The van der Waals surface area contributed by atoms with Crippen LogP contribution in [0, 0.1) is 5.92 Å². The van der Waals surface area contributed by atoms with Gasteiger partial charge < -0.3 is 18.9 Å². The first-order chi connectivity index (χ1) is 28.0. The molecule has 0 N–H and O–H groups in total. The Kier molecular flexibility index (Phi) is 11.4. The van der Waals surface area contributed by atoms with Gasteiger partial charge in [-0.1, -0.05) is 96.7 Å². The van der Waals surface area contributed by atoms with Gasteiger partial charge in [-0.05, 0) is 90.1 Å². The molecule has 57 heavy (non-hydrogen) atoms. The van der Waals surface area contributed by atoms with Gasteiger partial charge in [-0.25, -0.2) is 5.01 Å². The van der Waals surface area contributed by atoms with Crippen molar-refractivity contribution in [2.75, 3.05) is 27.1 Å². The Morgan fingerprint density at radius 3 is 2.19 bits per heavy atom. The molecule has 11 heteroatoms. The zero-order chi connectivity index (χ0) is 39.1. The number of allylic oxidation sites excluding steroid dienone is 1. The minimum absolute atomic E-state index is 0.0466. The number of ether oxygens (including phenoxy) is 4. The standard InChI is InChI=1S/C46H43N5O5S/c1-53-35-24-20-31(21-25-35)28-34-14-11-16-38-44(34)49-51(45(38)33-22-26-36(54-2)27-23-33)43(52)30-57-46-48-47-42(50(46)39-17-8-10-19-41(39)55-3)29-56-40-18-9-7-15-37(40)32-12-5-4-6-13-32/h4-10,12-13,15,17-28,38,45H,11,14,16,29-30H2,1-3H3/b34-28-. The number of amides is 1. The summed E-state index contributed by atoms with van der Waals surface area (Å²) in [5.41, 5.74) is 6.95. The first kappa shape index (κ1) is 37.6. The van der Waals surface area contributed by atoms with E-state index >= 15 is 0 Å². The van der Waals surface area contributed by atoms with E-state index in [2.05, 4.69) is 28.4 Å². The van der Waals surface area contributed by atoms with Crippen molar-refractivity contribution in [3.05, 3.63) is 150 Å². The number of fused-ring (bicyclic) bond motifs is 1. The largest absolute Gasteiger partial charge is 0.497 e. The van der Waals surface area contributed by atoms with Crippen LogP contribution >= 0.6 is 11.8 Å². The molecule has 8 rings (SSSR count). The highest BCUT2D eigenvalue weighted by molar-refractivity contribution is 7.99. The molecule has 2 heterocycles. The highest BCUT2D eigenvalue weighted by atomic mass is 32.2. The third-order valence-corrected chi connectivity index (χ3v) is 11.3. The molecule has 0 spiro atoms. The van der Waals surface area contributed by atoms with E-state index in [1.54, 1.807) is 26.3 Å². The van der Waals surface area contributed by atoms with Crippen molar-refractivity contribution in [2.24, 2.45) is 11.0 Å². The average molecular weight is 778 g/mol. The molecule has 2 aliphatic rings. The number of hydrogen-bond donors (Lipinski definition) is 0. The van der Waals surface area contributed by atoms with Gasteiger partial charge in [-0.3, -0.25) is 9.36 Å². The van der Waals surface area contributed by atoms with Crippen LogP contribution in [0.1, 0.15) is 42.3 Å². The van der Waals surface area contributed by atoms with E-state index < -0.39 is 0 Å². The number of carbonyl (C=O) groups is 1. The summed E-state index contributed by atoms with van der Waals surface area (Å²) in [6.45, 7) is 0.133. The van der Waals surface area contributed by atoms with Crippen LogP contribution in [-0.4, -0.2) is 58.5 Å². The fourth-order valence-corrected chi connectivity index (χ4v) is 8.39. The van der Waals surface area contributed by atoms with Crippen molar-refractivity contribution < 1.29 is 23.7 Å². The van der Waals surface area contributed by atoms with Crippen LogP contribution < -0.4 is 18.9 Å². The number of methoxy groups -OCH3 is 3. The molecule has 1 amide bonds. The minimum atomic E-state index is -0.265. The predicted molar refractivity (Wildman–Crippen MR) is 223 cm³/mol. The number of carbonyl (C=O) groups excluding carboxylic acids is 1. The van der Waals surface area contributed by atoms with Crippen molar-refractivity contribution in [2.45, 2.75) is 37.1 Å². The lowest BCUT2D eigenvalue weighted by Crippen LogP contribution is -2.32. The number of thioether (sulfide) groups is 1. The molecule has 0 saturated heterocycles. The zero-order valence-electron chi connectivity index (χ0n) is 32.1. The van der Waals surface area contributed by atoms with E-state index in [1.165, 1.54) is 11.8 Å². The van der Waals surface area contributed by atoms with E-state index in [1.807, 2.05) is 120 Å². The highest BCUT2D eigenvalue weighted by Crippen LogP contribution is 2.45. The number of nitrogens with zero attached hydrogens (tertiary/aromatic N) is 5. The molecule has 288 valence electrons. The molecule has 10 nitrogen and oxygen atoms in total. The van der Waals surface area contributed by atoms with Gasteiger partial charge in [-0.15, -0.1) is 10.2 Å². The van der Waals surface area contributed by atoms with Crippen LogP contribution in [0.2, 0.25) is 0 Å². The fraction of sp³-hybridized carbons (Fsp3) is 0.217. The van der Waals surface area contributed by atoms with Crippen molar-refractivity contribution >= 4 is 29.5 Å². The Balaban J connectivity index is 1.09. The molecule has 2 unspecified atom stereocenters. The minimum Gasteiger partial charge on any atom is -0.497 e. The highest BCUT2D eigenvalue weighted by Gasteiger charge is 2.43. The summed E-state index contributed by atoms with van der Waals surface area (Å²) in [6, 6.07) is 41.5. The molecule has 1 aliphatic heterocycles. The maximum absolute atomic E-state index is 14.5. The van der Waals surface area contributed by atoms with Crippen LogP contribution in [0.25, 0.3) is 22.9 Å². The Morgan fingerprint density at radius 2 is 1.46 bits per heavy atom. The second-order valence-corrected chi connectivity index (χ2v) is 14.7. The Morgan fingerprint density at radius 1 is 0.772 bits per heavy atom. The summed E-state index contributed by atoms with van der Waals surface area (Å²) >= 11 is 1.31. The molecule has 1 aliphatic carbocycles. The first-order valence-electron chi connectivity index (χ1n) is 18.9. The van der Waals surface area contributed by atoms with Gasteiger partial charge in [0.15, 0.2) is 11.0 Å². The van der Waals surface area contributed by atoms with Crippen LogP contribution in [0.5, 0.6) is 23.0 Å². The second kappa shape index (κ2) is 17.2. The monoisotopic (exact) mass is 777 g/mol. The maximum atomic E-state index is 14.5. The third-order valence-electron chi connectivity index (χ3n) is 10.4. The Bertz CT molecular complexity index is 2400. The van der Waals surface area contributed by atoms with Gasteiger partial charge in [0, 0.05) is 11.5 Å². The Hall–Kier alpha value is -6.33. The van der Waals surface area contributed by atoms with Gasteiger partial charge in [0.05, 0.1) is 44.5 Å².